The molecule has 0 aliphatic carbocycles. The highest BCUT2D eigenvalue weighted by atomic mass is 32.2. The van der Waals surface area contributed by atoms with Gasteiger partial charge >= 0.3 is 0 Å². The standard InChI is InChI=1S/C24H28N4O2S/c1-2-22-23(29)25-24(31-22)27-26-21(17-30-20-9-5-3-6-10-20)18-11-13-19(14-12-18)28-15-7-4-8-16-28/h3,5-6,9-14,22H,2,4,7-8,15-17H2,1H3,(H,25,27,29)/b26-21-. The molecule has 0 aromatic heterocycles. The van der Waals surface area contributed by atoms with Gasteiger partial charge in [-0.2, -0.15) is 0 Å². The van der Waals surface area contributed by atoms with Gasteiger partial charge in [0.15, 0.2) is 5.17 Å². The quantitative estimate of drug-likeness (QED) is 0.514. The van der Waals surface area contributed by atoms with Crippen molar-refractivity contribution < 1.29 is 9.53 Å². The number of hydrogen-bond donors (Lipinski definition) is 1. The molecule has 2 aromatic carbocycles. The van der Waals surface area contributed by atoms with E-state index in [1.807, 2.05) is 37.3 Å². The van der Waals surface area contributed by atoms with E-state index in [9.17, 15) is 4.79 Å². The molecule has 31 heavy (non-hydrogen) atoms. The monoisotopic (exact) mass is 436 g/mol. The number of piperidine rings is 1. The first-order valence-corrected chi connectivity index (χ1v) is 11.8. The van der Waals surface area contributed by atoms with Crippen LogP contribution in [0, 0.1) is 0 Å². The van der Waals surface area contributed by atoms with Crippen molar-refractivity contribution in [2.45, 2.75) is 37.9 Å². The number of para-hydroxylation sites is 1. The van der Waals surface area contributed by atoms with E-state index in [0.29, 0.717) is 11.8 Å². The summed E-state index contributed by atoms with van der Waals surface area (Å²) in [5.41, 5.74) is 2.92. The van der Waals surface area contributed by atoms with Gasteiger partial charge in [-0.25, -0.2) is 0 Å². The van der Waals surface area contributed by atoms with E-state index >= 15 is 0 Å². The molecule has 0 radical (unpaired) electrons. The molecule has 1 amide bonds. The summed E-state index contributed by atoms with van der Waals surface area (Å²) in [5, 5.41) is 12.0. The van der Waals surface area contributed by atoms with Crippen LogP contribution >= 0.6 is 11.8 Å². The van der Waals surface area contributed by atoms with Gasteiger partial charge in [0.25, 0.3) is 0 Å². The fourth-order valence-electron chi connectivity index (χ4n) is 3.68. The van der Waals surface area contributed by atoms with Crippen LogP contribution in [-0.4, -0.2) is 41.7 Å². The van der Waals surface area contributed by atoms with Crippen molar-refractivity contribution in [3.8, 4) is 5.75 Å². The molecule has 6 nitrogen and oxygen atoms in total. The second-order valence-corrected chi connectivity index (χ2v) is 8.84. The minimum atomic E-state index is -0.0956. The zero-order valence-corrected chi connectivity index (χ0v) is 18.6. The van der Waals surface area contributed by atoms with Crippen LogP contribution in [0.4, 0.5) is 5.69 Å². The van der Waals surface area contributed by atoms with Gasteiger partial charge in [0.2, 0.25) is 5.91 Å². The van der Waals surface area contributed by atoms with Gasteiger partial charge in [-0.05, 0) is 49.9 Å². The first kappa shape index (κ1) is 21.4. The number of ether oxygens (including phenoxy) is 1. The van der Waals surface area contributed by atoms with E-state index < -0.39 is 0 Å². The lowest BCUT2D eigenvalue weighted by molar-refractivity contribution is -0.118. The largest absolute Gasteiger partial charge is 0.487 e. The number of amides is 1. The number of hydrogen-bond acceptors (Lipinski definition) is 6. The Balaban J connectivity index is 1.53. The zero-order valence-electron chi connectivity index (χ0n) is 17.8. The Morgan fingerprint density at radius 3 is 2.52 bits per heavy atom. The normalized spacial score (nSPS) is 20.7. The summed E-state index contributed by atoms with van der Waals surface area (Å²) in [4.78, 5) is 14.4. The number of amidine groups is 1. The van der Waals surface area contributed by atoms with Crippen LogP contribution < -0.4 is 15.0 Å². The van der Waals surface area contributed by atoms with Gasteiger partial charge < -0.3 is 15.0 Å². The molecule has 2 aromatic rings. The van der Waals surface area contributed by atoms with Crippen molar-refractivity contribution >= 4 is 34.2 Å². The van der Waals surface area contributed by atoms with Gasteiger partial charge in [-0.15, -0.1) is 10.2 Å². The molecule has 1 N–H and O–H groups in total. The highest BCUT2D eigenvalue weighted by molar-refractivity contribution is 8.15. The molecule has 0 spiro atoms. The summed E-state index contributed by atoms with van der Waals surface area (Å²) in [6.45, 7) is 4.51. The first-order chi connectivity index (χ1) is 15.2. The summed E-state index contributed by atoms with van der Waals surface area (Å²) in [6, 6.07) is 18.1. The minimum Gasteiger partial charge on any atom is -0.487 e. The molecule has 2 fully saturated rings. The van der Waals surface area contributed by atoms with Gasteiger partial charge in [0.1, 0.15) is 18.1 Å². The Morgan fingerprint density at radius 1 is 1.10 bits per heavy atom. The summed E-state index contributed by atoms with van der Waals surface area (Å²) >= 11 is 1.43. The summed E-state index contributed by atoms with van der Waals surface area (Å²) < 4.78 is 5.94. The maximum atomic E-state index is 11.9. The van der Waals surface area contributed by atoms with Crippen molar-refractivity contribution in [1.29, 1.82) is 0 Å². The Kier molecular flexibility index (Phi) is 7.25. The molecule has 2 aliphatic rings. The summed E-state index contributed by atoms with van der Waals surface area (Å²) in [7, 11) is 0. The zero-order chi connectivity index (χ0) is 21.5. The maximum Gasteiger partial charge on any atom is 0.239 e. The number of anilines is 1. The Morgan fingerprint density at radius 2 is 1.84 bits per heavy atom. The SMILES string of the molecule is CCC1S/C(=N/N=C(/COc2ccccc2)c2ccc(N3CCCCC3)cc2)NC1=O. The van der Waals surface area contributed by atoms with E-state index in [4.69, 9.17) is 4.74 Å². The molecule has 162 valence electrons. The highest BCUT2D eigenvalue weighted by Gasteiger charge is 2.28. The average molecular weight is 437 g/mol. The molecule has 0 bridgehead atoms. The number of benzene rings is 2. The van der Waals surface area contributed by atoms with Gasteiger partial charge in [0, 0.05) is 24.3 Å². The van der Waals surface area contributed by atoms with Crippen LogP contribution in [0.2, 0.25) is 0 Å². The van der Waals surface area contributed by atoms with Crippen molar-refractivity contribution in [2.75, 3.05) is 24.6 Å². The van der Waals surface area contributed by atoms with E-state index in [1.54, 1.807) is 0 Å². The van der Waals surface area contributed by atoms with Crippen LogP contribution in [0.25, 0.3) is 0 Å². The van der Waals surface area contributed by atoms with Gasteiger partial charge in [-0.3, -0.25) is 4.79 Å². The van der Waals surface area contributed by atoms with Crippen molar-refractivity contribution in [3.05, 3.63) is 60.2 Å². The number of carbonyl (C=O) groups excluding carboxylic acids is 1. The van der Waals surface area contributed by atoms with Crippen molar-refractivity contribution in [2.24, 2.45) is 10.2 Å². The number of nitrogens with one attached hydrogen (secondary N) is 1. The van der Waals surface area contributed by atoms with Crippen molar-refractivity contribution in [1.82, 2.24) is 5.32 Å². The van der Waals surface area contributed by atoms with Crippen molar-refractivity contribution in [3.63, 3.8) is 0 Å². The molecular weight excluding hydrogens is 408 g/mol. The van der Waals surface area contributed by atoms with E-state index in [2.05, 4.69) is 44.7 Å². The van der Waals surface area contributed by atoms with Crippen LogP contribution in [0.3, 0.4) is 0 Å². The van der Waals surface area contributed by atoms with E-state index in [1.165, 1.54) is 36.7 Å². The summed E-state index contributed by atoms with van der Waals surface area (Å²) in [6.07, 6.45) is 4.58. The number of carbonyl (C=O) groups is 1. The minimum absolute atomic E-state index is 0.00517. The van der Waals surface area contributed by atoms with Crippen LogP contribution in [0.5, 0.6) is 5.75 Å². The van der Waals surface area contributed by atoms with Crippen LogP contribution in [0.1, 0.15) is 38.2 Å². The number of thioether (sulfide) groups is 1. The predicted molar refractivity (Wildman–Crippen MR) is 128 cm³/mol. The fraction of sp³-hybridized carbons (Fsp3) is 0.375. The molecule has 2 aliphatic heterocycles. The molecule has 2 saturated heterocycles. The molecule has 1 unspecified atom stereocenters. The second-order valence-electron chi connectivity index (χ2n) is 7.65. The topological polar surface area (TPSA) is 66.3 Å². The predicted octanol–water partition coefficient (Wildman–Crippen LogP) is 4.46. The molecule has 4 rings (SSSR count). The first-order valence-electron chi connectivity index (χ1n) is 10.9. The lowest BCUT2D eigenvalue weighted by atomic mass is 10.1. The summed E-state index contributed by atoms with van der Waals surface area (Å²) in [5.74, 6) is 0.775. The van der Waals surface area contributed by atoms with Gasteiger partial charge in [-0.1, -0.05) is 49.0 Å². The molecule has 1 atom stereocenters. The van der Waals surface area contributed by atoms with Crippen LogP contribution in [-0.2, 0) is 4.79 Å². The average Bonchev–Trinajstić information content (AvgIpc) is 3.20. The highest BCUT2D eigenvalue weighted by Crippen LogP contribution is 2.23. The lowest BCUT2D eigenvalue weighted by Gasteiger charge is -2.28. The Hall–Kier alpha value is -2.80. The number of nitrogens with zero attached hydrogens (tertiary/aromatic N) is 3. The van der Waals surface area contributed by atoms with Crippen LogP contribution in [0.15, 0.2) is 64.8 Å². The molecule has 2 heterocycles. The Labute approximate surface area is 187 Å². The third-order valence-electron chi connectivity index (χ3n) is 5.45. The van der Waals surface area contributed by atoms with E-state index in [-0.39, 0.29) is 11.2 Å². The lowest BCUT2D eigenvalue weighted by Crippen LogP contribution is -2.29. The molecular formula is C24H28N4O2S. The third-order valence-corrected chi connectivity index (χ3v) is 6.69. The maximum absolute atomic E-state index is 11.9. The van der Waals surface area contributed by atoms with E-state index in [0.717, 1.165) is 36.5 Å². The Bertz CT molecular complexity index is 938. The third kappa shape index (κ3) is 5.67. The molecule has 7 heteroatoms. The smallest absolute Gasteiger partial charge is 0.239 e. The molecule has 0 saturated carbocycles. The van der Waals surface area contributed by atoms with Gasteiger partial charge in [0.05, 0.1) is 5.25 Å². The number of rotatable bonds is 7. The fourth-order valence-corrected chi connectivity index (χ4v) is 4.53. The second kappa shape index (κ2) is 10.5.